The van der Waals surface area contributed by atoms with Crippen molar-refractivity contribution in [3.05, 3.63) is 22.1 Å². The maximum atomic E-state index is 3.68. The molecule has 0 fully saturated rings. The van der Waals surface area contributed by atoms with E-state index in [-0.39, 0.29) is 0 Å². The molecule has 0 atom stereocenters. The zero-order valence-electron chi connectivity index (χ0n) is 6.65. The summed E-state index contributed by atoms with van der Waals surface area (Å²) in [5.41, 5.74) is 0. The summed E-state index contributed by atoms with van der Waals surface area (Å²) in [7, 11) is 0. The standard InChI is InChI=1S/C9H14Br2/c1-2-3-4-5-6-7-8-9(10)11/h2,8H,1,3-7H2. The van der Waals surface area contributed by atoms with E-state index in [2.05, 4.69) is 44.5 Å². The van der Waals surface area contributed by atoms with Crippen molar-refractivity contribution in [3.8, 4) is 0 Å². The van der Waals surface area contributed by atoms with Crippen LogP contribution >= 0.6 is 31.9 Å². The molecule has 0 aromatic carbocycles. The quantitative estimate of drug-likeness (QED) is 0.487. The zero-order chi connectivity index (χ0) is 8.53. The van der Waals surface area contributed by atoms with Gasteiger partial charge in [0, 0.05) is 0 Å². The van der Waals surface area contributed by atoms with Crippen molar-refractivity contribution in [2.75, 3.05) is 0 Å². The molecule has 0 aliphatic rings. The molecule has 0 radical (unpaired) electrons. The summed E-state index contributed by atoms with van der Waals surface area (Å²) in [4.78, 5) is 0. The van der Waals surface area contributed by atoms with Crippen molar-refractivity contribution in [2.24, 2.45) is 0 Å². The van der Waals surface area contributed by atoms with Gasteiger partial charge in [-0.2, -0.15) is 0 Å². The van der Waals surface area contributed by atoms with Gasteiger partial charge in [-0.05, 0) is 57.5 Å². The van der Waals surface area contributed by atoms with Gasteiger partial charge in [-0.15, -0.1) is 6.58 Å². The lowest BCUT2D eigenvalue weighted by atomic mass is 10.1. The van der Waals surface area contributed by atoms with Gasteiger partial charge in [0.15, 0.2) is 0 Å². The van der Waals surface area contributed by atoms with Crippen molar-refractivity contribution in [1.82, 2.24) is 0 Å². The van der Waals surface area contributed by atoms with E-state index in [9.17, 15) is 0 Å². The molecule has 0 saturated heterocycles. The molecule has 0 heterocycles. The predicted molar refractivity (Wildman–Crippen MR) is 59.2 cm³/mol. The van der Waals surface area contributed by atoms with Crippen LogP contribution in [0.3, 0.4) is 0 Å². The van der Waals surface area contributed by atoms with Crippen molar-refractivity contribution in [3.63, 3.8) is 0 Å². The first-order valence-corrected chi connectivity index (χ1v) is 5.48. The molecule has 0 nitrogen and oxygen atoms in total. The van der Waals surface area contributed by atoms with E-state index in [1.54, 1.807) is 0 Å². The van der Waals surface area contributed by atoms with Crippen molar-refractivity contribution in [1.29, 1.82) is 0 Å². The summed E-state index contributed by atoms with van der Waals surface area (Å²) in [6, 6.07) is 0. The Morgan fingerprint density at radius 3 is 2.27 bits per heavy atom. The third-order valence-electron chi connectivity index (χ3n) is 1.41. The minimum Gasteiger partial charge on any atom is -0.103 e. The van der Waals surface area contributed by atoms with Gasteiger partial charge in [0.1, 0.15) is 0 Å². The lowest BCUT2D eigenvalue weighted by Crippen LogP contribution is -1.74. The molecule has 0 N–H and O–H groups in total. The first kappa shape index (κ1) is 11.4. The number of halogens is 2. The van der Waals surface area contributed by atoms with E-state index in [0.29, 0.717) is 0 Å². The summed E-state index contributed by atoms with van der Waals surface area (Å²) in [6.45, 7) is 3.68. The maximum Gasteiger partial charge on any atom is 0.0564 e. The summed E-state index contributed by atoms with van der Waals surface area (Å²) in [5, 5.41) is 0. The van der Waals surface area contributed by atoms with Crippen LogP contribution in [0.5, 0.6) is 0 Å². The molecule has 11 heavy (non-hydrogen) atoms. The molecule has 0 unspecified atom stereocenters. The second-order valence-corrected chi connectivity index (χ2v) is 5.19. The second kappa shape index (κ2) is 8.54. The van der Waals surface area contributed by atoms with Gasteiger partial charge < -0.3 is 0 Å². The average molecular weight is 282 g/mol. The van der Waals surface area contributed by atoms with Crippen LogP contribution in [0.25, 0.3) is 0 Å². The fraction of sp³-hybridized carbons (Fsp3) is 0.556. The molecule has 0 spiro atoms. The first-order valence-electron chi connectivity index (χ1n) is 3.89. The molecule has 2 heteroatoms. The van der Waals surface area contributed by atoms with Gasteiger partial charge in [-0.25, -0.2) is 0 Å². The second-order valence-electron chi connectivity index (χ2n) is 2.42. The third-order valence-corrected chi connectivity index (χ3v) is 2.06. The van der Waals surface area contributed by atoms with E-state index in [4.69, 9.17) is 0 Å². The van der Waals surface area contributed by atoms with E-state index >= 15 is 0 Å². The highest BCUT2D eigenvalue weighted by Gasteiger charge is 1.86. The molecule has 0 amide bonds. The Bertz CT molecular complexity index is 124. The highest BCUT2D eigenvalue weighted by molar-refractivity contribution is 9.28. The fourth-order valence-corrected chi connectivity index (χ4v) is 1.28. The summed E-state index contributed by atoms with van der Waals surface area (Å²) in [6.07, 6.45) is 10.3. The average Bonchev–Trinajstić information content (AvgIpc) is 1.96. The topological polar surface area (TPSA) is 0 Å². The van der Waals surface area contributed by atoms with Crippen LogP contribution in [0.2, 0.25) is 0 Å². The molecule has 0 aliphatic carbocycles. The van der Waals surface area contributed by atoms with Crippen LogP contribution < -0.4 is 0 Å². The minimum atomic E-state index is 1.06. The van der Waals surface area contributed by atoms with Crippen LogP contribution in [0.4, 0.5) is 0 Å². The Hall–Kier alpha value is 0.440. The van der Waals surface area contributed by atoms with E-state index < -0.39 is 0 Å². The van der Waals surface area contributed by atoms with E-state index in [1.807, 2.05) is 6.08 Å². The SMILES string of the molecule is C=CCCCCCC=C(Br)Br. The van der Waals surface area contributed by atoms with Crippen LogP contribution in [0.1, 0.15) is 32.1 Å². The van der Waals surface area contributed by atoms with Gasteiger partial charge in [-0.3, -0.25) is 0 Å². The van der Waals surface area contributed by atoms with Crippen LogP contribution in [-0.2, 0) is 0 Å². The van der Waals surface area contributed by atoms with Crippen LogP contribution in [-0.4, -0.2) is 0 Å². The van der Waals surface area contributed by atoms with Gasteiger partial charge in [0.05, 0.1) is 3.39 Å². The molecule has 0 rings (SSSR count). The highest BCUT2D eigenvalue weighted by Crippen LogP contribution is 2.15. The molecule has 0 aromatic heterocycles. The van der Waals surface area contributed by atoms with Gasteiger partial charge >= 0.3 is 0 Å². The zero-order valence-corrected chi connectivity index (χ0v) is 9.83. The highest BCUT2D eigenvalue weighted by atomic mass is 79.9. The maximum absolute atomic E-state index is 3.68. The van der Waals surface area contributed by atoms with Gasteiger partial charge in [0.2, 0.25) is 0 Å². The first-order chi connectivity index (χ1) is 5.27. The number of rotatable bonds is 6. The molecule has 64 valence electrons. The Kier molecular flexibility index (Phi) is 8.88. The Labute approximate surface area is 86.0 Å². The lowest BCUT2D eigenvalue weighted by molar-refractivity contribution is 0.697. The van der Waals surface area contributed by atoms with Crippen molar-refractivity contribution in [2.45, 2.75) is 32.1 Å². The van der Waals surface area contributed by atoms with Gasteiger partial charge in [-0.1, -0.05) is 18.6 Å². The van der Waals surface area contributed by atoms with E-state index in [0.717, 1.165) is 16.2 Å². The largest absolute Gasteiger partial charge is 0.103 e. The van der Waals surface area contributed by atoms with Gasteiger partial charge in [0.25, 0.3) is 0 Å². The monoisotopic (exact) mass is 280 g/mol. The summed E-state index contributed by atoms with van der Waals surface area (Å²) in [5.74, 6) is 0. The molecule has 0 aromatic rings. The molecular formula is C9H14Br2. The number of allylic oxidation sites excluding steroid dienone is 2. The number of hydrogen-bond donors (Lipinski definition) is 0. The Morgan fingerprint density at radius 2 is 1.73 bits per heavy atom. The normalized spacial score (nSPS) is 9.27. The van der Waals surface area contributed by atoms with Crippen molar-refractivity contribution >= 4 is 31.9 Å². The lowest BCUT2D eigenvalue weighted by Gasteiger charge is -1.94. The van der Waals surface area contributed by atoms with Crippen LogP contribution in [0.15, 0.2) is 22.1 Å². The summed E-state index contributed by atoms with van der Waals surface area (Å²) < 4.78 is 1.06. The predicted octanol–water partition coefficient (Wildman–Crippen LogP) is 4.75. The van der Waals surface area contributed by atoms with Crippen molar-refractivity contribution < 1.29 is 0 Å². The Morgan fingerprint density at radius 1 is 1.09 bits per heavy atom. The van der Waals surface area contributed by atoms with E-state index in [1.165, 1.54) is 19.3 Å². The molecule has 0 saturated carbocycles. The van der Waals surface area contributed by atoms with Crippen LogP contribution in [0, 0.1) is 0 Å². The Balaban J connectivity index is 3.02. The minimum absolute atomic E-state index is 1.06. The number of hydrogen-bond acceptors (Lipinski definition) is 0. The molecule has 0 bridgehead atoms. The summed E-state index contributed by atoms with van der Waals surface area (Å²) >= 11 is 6.64. The number of unbranched alkanes of at least 4 members (excludes halogenated alkanes) is 4. The molecule has 0 aliphatic heterocycles. The molecular weight excluding hydrogens is 268 g/mol. The smallest absolute Gasteiger partial charge is 0.0564 e. The fourth-order valence-electron chi connectivity index (χ4n) is 0.821. The third kappa shape index (κ3) is 10.4.